The minimum absolute atomic E-state index is 0.156. The number of sulfonamides is 1. The van der Waals surface area contributed by atoms with Gasteiger partial charge in [-0.2, -0.15) is 0 Å². The molecule has 15 heavy (non-hydrogen) atoms. The van der Waals surface area contributed by atoms with Crippen molar-refractivity contribution in [1.82, 2.24) is 4.98 Å². The molecule has 2 N–H and O–H groups in total. The molecule has 4 nitrogen and oxygen atoms in total. The first-order chi connectivity index (χ1) is 7.07. The minimum Gasteiger partial charge on any atom is -0.255 e. The summed E-state index contributed by atoms with van der Waals surface area (Å²) in [6.45, 7) is 0. The minimum atomic E-state index is -3.60. The maximum atomic E-state index is 11.0. The zero-order chi connectivity index (χ0) is 10.9. The van der Waals surface area contributed by atoms with Gasteiger partial charge in [0, 0.05) is 6.20 Å². The lowest BCUT2D eigenvalue weighted by molar-refractivity contribution is 0.600. The zero-order valence-electron chi connectivity index (χ0n) is 7.62. The largest absolute Gasteiger partial charge is 0.255 e. The van der Waals surface area contributed by atoms with Gasteiger partial charge in [0.15, 0.2) is 0 Å². The number of thiophene rings is 1. The molecule has 0 aliphatic carbocycles. The lowest BCUT2D eigenvalue weighted by Gasteiger charge is -1.93. The van der Waals surface area contributed by atoms with Gasteiger partial charge in [-0.1, -0.05) is 6.07 Å². The smallest absolute Gasteiger partial charge is 0.247 e. The van der Waals surface area contributed by atoms with E-state index in [4.69, 9.17) is 5.14 Å². The predicted molar refractivity (Wildman–Crippen MR) is 58.9 cm³/mol. The fourth-order valence-electron chi connectivity index (χ4n) is 1.12. The molecular formula is C9H8N2O2S2. The van der Waals surface area contributed by atoms with E-state index in [1.54, 1.807) is 18.3 Å². The van der Waals surface area contributed by atoms with Crippen LogP contribution in [-0.2, 0) is 10.0 Å². The van der Waals surface area contributed by atoms with Crippen molar-refractivity contribution in [1.29, 1.82) is 0 Å². The molecule has 0 spiro atoms. The predicted octanol–water partition coefficient (Wildman–Crippen LogP) is 1.46. The molecule has 0 aromatic carbocycles. The third-order valence-electron chi connectivity index (χ3n) is 1.78. The Bertz CT molecular complexity index is 561. The molecule has 0 atom stereocenters. The van der Waals surface area contributed by atoms with Crippen molar-refractivity contribution >= 4 is 21.4 Å². The molecule has 0 radical (unpaired) electrons. The highest BCUT2D eigenvalue weighted by atomic mass is 32.2. The number of pyridine rings is 1. The molecular weight excluding hydrogens is 232 g/mol. The fraction of sp³-hybridized carbons (Fsp3) is 0. The Morgan fingerprint density at radius 1 is 1.20 bits per heavy atom. The van der Waals surface area contributed by atoms with E-state index in [-0.39, 0.29) is 4.21 Å². The Morgan fingerprint density at radius 2 is 2.00 bits per heavy atom. The standard InChI is InChI=1S/C9H8N2O2S2/c10-15(12,13)9-5-4-8(14-9)7-3-1-2-6-11-7/h1-6H,(H2,10,12,13). The molecule has 0 unspecified atom stereocenters. The van der Waals surface area contributed by atoms with E-state index < -0.39 is 10.0 Å². The molecule has 0 aliphatic rings. The Hall–Kier alpha value is -1.24. The summed E-state index contributed by atoms with van der Waals surface area (Å²) < 4.78 is 22.2. The van der Waals surface area contributed by atoms with Crippen LogP contribution in [0.3, 0.4) is 0 Å². The average Bonchev–Trinajstić information content (AvgIpc) is 2.67. The van der Waals surface area contributed by atoms with Crippen LogP contribution >= 0.6 is 11.3 Å². The number of nitrogens with zero attached hydrogens (tertiary/aromatic N) is 1. The third kappa shape index (κ3) is 2.23. The Balaban J connectivity index is 2.46. The first-order valence-corrected chi connectivity index (χ1v) is 6.48. The molecule has 2 aromatic rings. The van der Waals surface area contributed by atoms with Crippen molar-refractivity contribution in [2.75, 3.05) is 0 Å². The summed E-state index contributed by atoms with van der Waals surface area (Å²) >= 11 is 1.12. The van der Waals surface area contributed by atoms with Crippen LogP contribution in [0.15, 0.2) is 40.7 Å². The van der Waals surface area contributed by atoms with Crippen molar-refractivity contribution in [2.45, 2.75) is 4.21 Å². The van der Waals surface area contributed by atoms with E-state index in [2.05, 4.69) is 4.98 Å². The second kappa shape index (κ2) is 3.73. The van der Waals surface area contributed by atoms with E-state index >= 15 is 0 Å². The molecule has 2 aromatic heterocycles. The van der Waals surface area contributed by atoms with E-state index in [0.29, 0.717) is 0 Å². The van der Waals surface area contributed by atoms with E-state index in [9.17, 15) is 8.42 Å². The van der Waals surface area contributed by atoms with Crippen LogP contribution in [0.5, 0.6) is 0 Å². The number of hydrogen-bond acceptors (Lipinski definition) is 4. The van der Waals surface area contributed by atoms with Crippen molar-refractivity contribution in [3.05, 3.63) is 36.5 Å². The normalized spacial score (nSPS) is 11.5. The van der Waals surface area contributed by atoms with Gasteiger partial charge in [0.1, 0.15) is 4.21 Å². The number of primary sulfonamides is 1. The maximum absolute atomic E-state index is 11.0. The summed E-state index contributed by atoms with van der Waals surface area (Å²) in [5.74, 6) is 0. The molecule has 6 heteroatoms. The highest BCUT2D eigenvalue weighted by Gasteiger charge is 2.12. The van der Waals surface area contributed by atoms with Gasteiger partial charge in [-0.25, -0.2) is 13.6 Å². The molecule has 0 fully saturated rings. The fourth-order valence-corrected chi connectivity index (χ4v) is 2.83. The molecule has 78 valence electrons. The van der Waals surface area contributed by atoms with Gasteiger partial charge < -0.3 is 0 Å². The van der Waals surface area contributed by atoms with Gasteiger partial charge in [0.2, 0.25) is 10.0 Å². The van der Waals surface area contributed by atoms with Gasteiger partial charge >= 0.3 is 0 Å². The zero-order valence-corrected chi connectivity index (χ0v) is 9.25. The first-order valence-electron chi connectivity index (χ1n) is 4.11. The second-order valence-electron chi connectivity index (χ2n) is 2.88. The Kier molecular flexibility index (Phi) is 2.56. The van der Waals surface area contributed by atoms with Crippen molar-refractivity contribution in [2.24, 2.45) is 5.14 Å². The highest BCUT2D eigenvalue weighted by molar-refractivity contribution is 7.91. The molecule has 0 amide bonds. The van der Waals surface area contributed by atoms with Gasteiger partial charge in [-0.15, -0.1) is 11.3 Å². The van der Waals surface area contributed by atoms with E-state index in [0.717, 1.165) is 21.9 Å². The van der Waals surface area contributed by atoms with Crippen LogP contribution in [0.2, 0.25) is 0 Å². The third-order valence-corrected chi connectivity index (χ3v) is 4.33. The quantitative estimate of drug-likeness (QED) is 0.863. The van der Waals surface area contributed by atoms with Crippen LogP contribution in [0.1, 0.15) is 0 Å². The van der Waals surface area contributed by atoms with Gasteiger partial charge in [0.25, 0.3) is 0 Å². The summed E-state index contributed by atoms with van der Waals surface area (Å²) in [5, 5.41) is 5.01. The topological polar surface area (TPSA) is 73.1 Å². The molecule has 2 rings (SSSR count). The van der Waals surface area contributed by atoms with Crippen LogP contribution in [0, 0.1) is 0 Å². The molecule has 0 bridgehead atoms. The van der Waals surface area contributed by atoms with E-state index in [1.165, 1.54) is 6.07 Å². The monoisotopic (exact) mass is 240 g/mol. The summed E-state index contributed by atoms with van der Waals surface area (Å²) in [6.07, 6.45) is 1.66. The van der Waals surface area contributed by atoms with Gasteiger partial charge in [0.05, 0.1) is 10.6 Å². The van der Waals surface area contributed by atoms with Crippen LogP contribution in [0.25, 0.3) is 10.6 Å². The van der Waals surface area contributed by atoms with Crippen molar-refractivity contribution < 1.29 is 8.42 Å². The first kappa shape index (κ1) is 10.3. The van der Waals surface area contributed by atoms with E-state index in [1.807, 2.05) is 12.1 Å². The lowest BCUT2D eigenvalue weighted by atomic mass is 10.3. The maximum Gasteiger partial charge on any atom is 0.247 e. The lowest BCUT2D eigenvalue weighted by Crippen LogP contribution is -2.09. The molecule has 2 heterocycles. The van der Waals surface area contributed by atoms with Crippen molar-refractivity contribution in [3.8, 4) is 10.6 Å². The highest BCUT2D eigenvalue weighted by Crippen LogP contribution is 2.28. The summed E-state index contributed by atoms with van der Waals surface area (Å²) in [7, 11) is -3.60. The second-order valence-corrected chi connectivity index (χ2v) is 5.75. The molecule has 0 saturated carbocycles. The van der Waals surface area contributed by atoms with Gasteiger partial charge in [-0.3, -0.25) is 4.98 Å². The number of rotatable bonds is 2. The number of nitrogens with two attached hydrogens (primary N) is 1. The molecule has 0 aliphatic heterocycles. The molecule has 0 saturated heterocycles. The number of hydrogen-bond donors (Lipinski definition) is 1. The van der Waals surface area contributed by atoms with Crippen LogP contribution in [-0.4, -0.2) is 13.4 Å². The van der Waals surface area contributed by atoms with Crippen LogP contribution in [0.4, 0.5) is 0 Å². The Morgan fingerprint density at radius 3 is 2.53 bits per heavy atom. The van der Waals surface area contributed by atoms with Crippen molar-refractivity contribution in [3.63, 3.8) is 0 Å². The average molecular weight is 240 g/mol. The van der Waals surface area contributed by atoms with Gasteiger partial charge in [-0.05, 0) is 24.3 Å². The SMILES string of the molecule is NS(=O)(=O)c1ccc(-c2ccccn2)s1. The summed E-state index contributed by atoms with van der Waals surface area (Å²) in [6, 6.07) is 8.66. The summed E-state index contributed by atoms with van der Waals surface area (Å²) in [5.41, 5.74) is 0.748. The summed E-state index contributed by atoms with van der Waals surface area (Å²) in [4.78, 5) is 4.91. The van der Waals surface area contributed by atoms with Crippen LogP contribution < -0.4 is 5.14 Å². The number of aromatic nitrogens is 1. The Labute approximate surface area is 91.4 Å².